The molecule has 0 saturated heterocycles. The second kappa shape index (κ2) is 9.70. The molecule has 5 rings (SSSR count). The van der Waals surface area contributed by atoms with Gasteiger partial charge in [0, 0.05) is 41.3 Å². The first-order valence-corrected chi connectivity index (χ1v) is 15.7. The molecule has 39 heavy (non-hydrogen) atoms. The van der Waals surface area contributed by atoms with Gasteiger partial charge >= 0.3 is 17.8 Å². The molecular formula is C27H16F6N2S4. The molecule has 1 aliphatic heterocycles. The Morgan fingerprint density at radius 1 is 0.872 bits per heavy atom. The number of halogens is 6. The van der Waals surface area contributed by atoms with Gasteiger partial charge in [0.15, 0.2) is 0 Å². The minimum atomic E-state index is -5.66. The molecule has 0 amide bonds. The molecule has 0 N–H and O–H groups in total. The van der Waals surface area contributed by atoms with Crippen molar-refractivity contribution in [3.05, 3.63) is 78.2 Å². The quantitative estimate of drug-likeness (QED) is 0.128. The van der Waals surface area contributed by atoms with Crippen molar-refractivity contribution in [1.82, 2.24) is 0 Å². The Kier molecular flexibility index (Phi) is 6.91. The van der Waals surface area contributed by atoms with Gasteiger partial charge in [-0.25, -0.2) is 0 Å². The summed E-state index contributed by atoms with van der Waals surface area (Å²) in [6, 6.07) is 13.4. The maximum atomic E-state index is 15.3. The van der Waals surface area contributed by atoms with Crippen molar-refractivity contribution in [2.24, 2.45) is 0 Å². The van der Waals surface area contributed by atoms with Crippen LogP contribution in [0.25, 0.3) is 17.2 Å². The van der Waals surface area contributed by atoms with Gasteiger partial charge in [0.1, 0.15) is 17.7 Å². The molecule has 1 atom stereocenters. The average Bonchev–Trinajstić information content (AvgIpc) is 3.57. The summed E-state index contributed by atoms with van der Waals surface area (Å²) in [5.74, 6) is -15.3. The van der Waals surface area contributed by atoms with Crippen LogP contribution in [-0.4, -0.2) is 23.1 Å². The van der Waals surface area contributed by atoms with Gasteiger partial charge in [0.2, 0.25) is 0 Å². The van der Waals surface area contributed by atoms with Crippen LogP contribution in [0.15, 0.2) is 46.9 Å². The highest BCUT2D eigenvalue weighted by atomic mass is 33.1. The lowest BCUT2D eigenvalue weighted by Crippen LogP contribution is -2.48. The highest BCUT2D eigenvalue weighted by Gasteiger charge is 2.80. The van der Waals surface area contributed by atoms with E-state index >= 15 is 17.6 Å². The summed E-state index contributed by atoms with van der Waals surface area (Å²) in [5, 5.41) is 19.9. The van der Waals surface area contributed by atoms with Gasteiger partial charge in [-0.3, -0.25) is 0 Å². The van der Waals surface area contributed by atoms with Crippen molar-refractivity contribution in [3.63, 3.8) is 0 Å². The van der Waals surface area contributed by atoms with Crippen molar-refractivity contribution < 1.29 is 26.3 Å². The second-order valence-corrected chi connectivity index (χ2v) is 15.1. The number of nitriles is 2. The Morgan fingerprint density at radius 3 is 1.97 bits per heavy atom. The smallest absolute Gasteiger partial charge is 0.194 e. The number of hydrogen-bond acceptors (Lipinski definition) is 5. The Morgan fingerprint density at radius 2 is 1.41 bits per heavy atom. The summed E-state index contributed by atoms with van der Waals surface area (Å²) < 4.78 is 90.9. The zero-order valence-corrected chi connectivity index (χ0v) is 23.4. The van der Waals surface area contributed by atoms with E-state index < -0.39 is 34.5 Å². The molecule has 0 fully saturated rings. The van der Waals surface area contributed by atoms with Crippen LogP contribution < -0.4 is 0 Å². The van der Waals surface area contributed by atoms with Gasteiger partial charge in [-0.1, -0.05) is 29.0 Å². The molecule has 2 aliphatic rings. The molecule has 3 heterocycles. The third-order valence-electron chi connectivity index (χ3n) is 6.32. The van der Waals surface area contributed by atoms with Crippen molar-refractivity contribution in [1.29, 1.82) is 10.5 Å². The zero-order chi connectivity index (χ0) is 28.3. The molecule has 2 aromatic heterocycles. The Bertz CT molecular complexity index is 1650. The number of alkyl halides is 6. The highest BCUT2D eigenvalue weighted by molar-refractivity contribution is 8.83. The van der Waals surface area contributed by atoms with Crippen LogP contribution in [0.2, 0.25) is 0 Å². The van der Waals surface area contributed by atoms with E-state index in [1.54, 1.807) is 22.9 Å². The molecule has 12 heteroatoms. The van der Waals surface area contributed by atoms with Crippen LogP contribution in [0.5, 0.6) is 0 Å². The fourth-order valence-electron chi connectivity index (χ4n) is 4.50. The number of aryl methyl sites for hydroxylation is 2. The summed E-state index contributed by atoms with van der Waals surface area (Å²) in [6.07, 6.45) is 1.10. The van der Waals surface area contributed by atoms with E-state index in [-0.39, 0.29) is 35.3 Å². The van der Waals surface area contributed by atoms with E-state index in [4.69, 9.17) is 10.5 Å². The van der Waals surface area contributed by atoms with E-state index in [0.717, 1.165) is 51.0 Å². The molecule has 1 aromatic carbocycles. The van der Waals surface area contributed by atoms with Gasteiger partial charge in [-0.05, 0) is 60.2 Å². The third-order valence-corrected chi connectivity index (χ3v) is 12.2. The molecule has 0 saturated carbocycles. The SMILES string of the molecule is Cc1sc(C=C(C#N)C#N)cc1C1=C(c2cc(C=S3Cc4ccccc4S3)sc2C)C(F)(F)C(F)(F)C1(F)F. The van der Waals surface area contributed by atoms with E-state index in [9.17, 15) is 8.78 Å². The summed E-state index contributed by atoms with van der Waals surface area (Å²) >= 11 is 1.93. The lowest BCUT2D eigenvalue weighted by atomic mass is 9.95. The number of benzene rings is 1. The standard InChI is InChI=1S/C27H16F6N2S4/c1-14-20(8-18(36-14)7-16(10-34)11-35)23-24(26(30,31)27(32,33)25(23,28)29)21-9-19(37-15(21)2)13-39-12-17-5-3-4-6-22(17)38-39/h3-9,13H,12H2,1-2H3. The Labute approximate surface area is 234 Å². The number of nitrogens with zero attached hydrogens (tertiary/aromatic N) is 2. The number of fused-ring (bicyclic) bond motifs is 1. The number of thiophene rings is 2. The Hall–Kier alpha value is -2.77. The lowest BCUT2D eigenvalue weighted by molar-refractivity contribution is -0.254. The van der Waals surface area contributed by atoms with Crippen LogP contribution in [0.1, 0.15) is 36.2 Å². The fourth-order valence-corrected chi connectivity index (χ4v) is 11.0. The third kappa shape index (κ3) is 4.38. The first kappa shape index (κ1) is 27.8. The van der Waals surface area contributed by atoms with Crippen molar-refractivity contribution >= 4 is 65.6 Å². The van der Waals surface area contributed by atoms with Crippen molar-refractivity contribution in [2.45, 2.75) is 42.3 Å². The molecular weight excluding hydrogens is 595 g/mol. The monoisotopic (exact) mass is 610 g/mol. The Balaban J connectivity index is 1.68. The normalized spacial score (nSPS) is 20.5. The lowest BCUT2D eigenvalue weighted by Gasteiger charge is -2.25. The zero-order valence-electron chi connectivity index (χ0n) is 20.1. The van der Waals surface area contributed by atoms with Gasteiger partial charge in [-0.2, -0.15) is 36.9 Å². The molecule has 0 spiro atoms. The number of hydrogen-bond donors (Lipinski definition) is 0. The largest absolute Gasteiger partial charge is 0.380 e. The van der Waals surface area contributed by atoms with Gasteiger partial charge < -0.3 is 0 Å². The van der Waals surface area contributed by atoms with Gasteiger partial charge in [0.25, 0.3) is 0 Å². The molecule has 0 bridgehead atoms. The van der Waals surface area contributed by atoms with E-state index in [1.165, 1.54) is 19.9 Å². The minimum absolute atomic E-state index is 0.0819. The van der Waals surface area contributed by atoms with Crippen molar-refractivity contribution in [3.8, 4) is 12.1 Å². The van der Waals surface area contributed by atoms with Gasteiger partial charge in [0.05, 0.1) is 0 Å². The maximum Gasteiger partial charge on any atom is 0.380 e. The molecule has 1 aliphatic carbocycles. The second-order valence-electron chi connectivity index (χ2n) is 8.83. The molecule has 2 nitrogen and oxygen atoms in total. The number of rotatable bonds is 4. The summed E-state index contributed by atoms with van der Waals surface area (Å²) in [6.45, 7) is 2.80. The molecule has 1 unspecified atom stereocenters. The van der Waals surface area contributed by atoms with Crippen molar-refractivity contribution in [2.75, 3.05) is 0 Å². The topological polar surface area (TPSA) is 47.6 Å². The predicted molar refractivity (Wildman–Crippen MR) is 148 cm³/mol. The van der Waals surface area contributed by atoms with Crippen LogP contribution >= 0.6 is 43.0 Å². The molecule has 3 aromatic rings. The first-order chi connectivity index (χ1) is 18.3. The van der Waals surface area contributed by atoms with Crippen LogP contribution in [0.4, 0.5) is 26.3 Å². The van der Waals surface area contributed by atoms with Crippen LogP contribution in [0, 0.1) is 36.5 Å². The van der Waals surface area contributed by atoms with E-state index in [0.29, 0.717) is 4.88 Å². The minimum Gasteiger partial charge on any atom is -0.194 e. The number of allylic oxidation sites excluding steroid dienone is 3. The average molecular weight is 611 g/mol. The van der Waals surface area contributed by atoms with Crippen LogP contribution in [-0.2, 0) is 5.75 Å². The predicted octanol–water partition coefficient (Wildman–Crippen LogP) is 9.33. The van der Waals surface area contributed by atoms with Crippen LogP contribution in [0.3, 0.4) is 0 Å². The van der Waals surface area contributed by atoms with Gasteiger partial charge in [-0.15, -0.1) is 32.2 Å². The maximum absolute atomic E-state index is 15.3. The van der Waals surface area contributed by atoms with E-state index in [2.05, 4.69) is 0 Å². The fraction of sp³-hybridized carbons (Fsp3) is 0.222. The molecule has 200 valence electrons. The summed E-state index contributed by atoms with van der Waals surface area (Å²) in [7, 11) is 1.29. The summed E-state index contributed by atoms with van der Waals surface area (Å²) in [4.78, 5) is 2.07. The highest BCUT2D eigenvalue weighted by Crippen LogP contribution is 2.66. The van der Waals surface area contributed by atoms with E-state index in [1.807, 2.05) is 29.6 Å². The first-order valence-electron chi connectivity index (χ1n) is 11.2. The summed E-state index contributed by atoms with van der Waals surface area (Å²) in [5.41, 5.74) is -2.82. The molecule has 0 radical (unpaired) electrons.